The van der Waals surface area contributed by atoms with Gasteiger partial charge in [0.25, 0.3) is 0 Å². The molecule has 0 unspecified atom stereocenters. The maximum Gasteiger partial charge on any atom is 0.214 e. The summed E-state index contributed by atoms with van der Waals surface area (Å²) in [4.78, 5) is 8.58. The molecule has 0 spiro atoms. The van der Waals surface area contributed by atoms with Crippen molar-refractivity contribution in [2.75, 3.05) is 14.2 Å². The van der Waals surface area contributed by atoms with Gasteiger partial charge >= 0.3 is 0 Å². The van der Waals surface area contributed by atoms with E-state index in [9.17, 15) is 0 Å². The van der Waals surface area contributed by atoms with Gasteiger partial charge in [-0.3, -0.25) is 0 Å². The van der Waals surface area contributed by atoms with Crippen LogP contribution in [0.4, 0.5) is 0 Å². The molecule has 0 aliphatic heterocycles. The van der Waals surface area contributed by atoms with E-state index in [1.807, 2.05) is 36.4 Å². The van der Waals surface area contributed by atoms with Crippen molar-refractivity contribution in [2.45, 2.75) is 0 Å². The lowest BCUT2D eigenvalue weighted by Crippen LogP contribution is -1.88. The summed E-state index contributed by atoms with van der Waals surface area (Å²) in [7, 11) is 3.23. The van der Waals surface area contributed by atoms with Gasteiger partial charge in [-0.1, -0.05) is 5.92 Å². The molecule has 4 nitrogen and oxygen atoms in total. The zero-order chi connectivity index (χ0) is 15.4. The lowest BCUT2D eigenvalue weighted by molar-refractivity contribution is 0.398. The van der Waals surface area contributed by atoms with E-state index < -0.39 is 0 Å². The van der Waals surface area contributed by atoms with Crippen molar-refractivity contribution in [3.63, 3.8) is 0 Å². The van der Waals surface area contributed by atoms with Crippen LogP contribution in [-0.2, 0) is 0 Å². The third-order valence-electron chi connectivity index (χ3n) is 3.18. The Kier molecular flexibility index (Phi) is 3.88. The van der Waals surface area contributed by atoms with Gasteiger partial charge in [0.2, 0.25) is 5.88 Å². The predicted molar refractivity (Wildman–Crippen MR) is 85.1 cm³/mol. The fraction of sp³-hybridized carbons (Fsp3) is 0.111. The van der Waals surface area contributed by atoms with Crippen molar-refractivity contribution in [3.8, 4) is 23.5 Å². The molecule has 0 aliphatic rings. The molecule has 22 heavy (non-hydrogen) atoms. The molecule has 4 heteroatoms. The Morgan fingerprint density at radius 2 is 1.82 bits per heavy atom. The van der Waals surface area contributed by atoms with Crippen LogP contribution in [0.25, 0.3) is 10.9 Å². The van der Waals surface area contributed by atoms with Crippen molar-refractivity contribution < 1.29 is 9.47 Å². The fourth-order valence-electron chi connectivity index (χ4n) is 2.04. The zero-order valence-corrected chi connectivity index (χ0v) is 12.3. The van der Waals surface area contributed by atoms with Crippen molar-refractivity contribution >= 4 is 10.9 Å². The Hall–Kier alpha value is -3.06. The van der Waals surface area contributed by atoms with E-state index in [-0.39, 0.29) is 0 Å². The van der Waals surface area contributed by atoms with Gasteiger partial charge in [0.15, 0.2) is 0 Å². The topological polar surface area (TPSA) is 44.2 Å². The smallest absolute Gasteiger partial charge is 0.214 e. The van der Waals surface area contributed by atoms with E-state index in [4.69, 9.17) is 9.47 Å². The maximum atomic E-state index is 5.21. The molecule has 0 atom stereocenters. The SMILES string of the molecule is COc1ccc2nc(C#Cc3ccnc(OC)c3)ccc2c1. The van der Waals surface area contributed by atoms with Gasteiger partial charge in [0.1, 0.15) is 11.4 Å². The summed E-state index contributed by atoms with van der Waals surface area (Å²) in [6.45, 7) is 0. The number of hydrogen-bond donors (Lipinski definition) is 0. The lowest BCUT2D eigenvalue weighted by atomic mass is 10.2. The van der Waals surface area contributed by atoms with Crippen LogP contribution >= 0.6 is 0 Å². The Morgan fingerprint density at radius 3 is 2.64 bits per heavy atom. The molecule has 1 aromatic carbocycles. The lowest BCUT2D eigenvalue weighted by Gasteiger charge is -2.02. The monoisotopic (exact) mass is 290 g/mol. The second-order valence-corrected chi connectivity index (χ2v) is 4.59. The van der Waals surface area contributed by atoms with Gasteiger partial charge < -0.3 is 9.47 Å². The number of nitrogens with zero attached hydrogens (tertiary/aromatic N) is 2. The van der Waals surface area contributed by atoms with Gasteiger partial charge in [0.05, 0.1) is 19.7 Å². The molecule has 2 aromatic heterocycles. The van der Waals surface area contributed by atoms with E-state index in [1.165, 1.54) is 0 Å². The Balaban J connectivity index is 1.92. The maximum absolute atomic E-state index is 5.21. The Morgan fingerprint density at radius 1 is 0.909 bits per heavy atom. The number of aromatic nitrogens is 2. The summed E-state index contributed by atoms with van der Waals surface area (Å²) in [5, 5.41) is 1.02. The molecule has 0 saturated carbocycles. The van der Waals surface area contributed by atoms with Crippen LogP contribution < -0.4 is 9.47 Å². The highest BCUT2D eigenvalue weighted by Gasteiger charge is 1.99. The molecular weight excluding hydrogens is 276 g/mol. The van der Waals surface area contributed by atoms with Crippen LogP contribution in [-0.4, -0.2) is 24.2 Å². The highest BCUT2D eigenvalue weighted by molar-refractivity contribution is 5.80. The van der Waals surface area contributed by atoms with Crippen LogP contribution in [0.15, 0.2) is 48.7 Å². The molecule has 0 aliphatic carbocycles. The number of methoxy groups -OCH3 is 2. The highest BCUT2D eigenvalue weighted by Crippen LogP contribution is 2.19. The van der Waals surface area contributed by atoms with Gasteiger partial charge in [-0.2, -0.15) is 0 Å². The first kappa shape index (κ1) is 13.9. The molecule has 0 bridgehead atoms. The summed E-state index contributed by atoms with van der Waals surface area (Å²) >= 11 is 0. The molecule has 0 saturated heterocycles. The van der Waals surface area contributed by atoms with Crippen LogP contribution in [0.3, 0.4) is 0 Å². The molecule has 2 heterocycles. The first-order chi connectivity index (χ1) is 10.8. The normalized spacial score (nSPS) is 9.91. The summed E-state index contributed by atoms with van der Waals surface area (Å²) in [5.41, 5.74) is 2.44. The first-order valence-corrected chi connectivity index (χ1v) is 6.75. The Labute approximate surface area is 128 Å². The van der Waals surface area contributed by atoms with Gasteiger partial charge in [-0.05, 0) is 42.3 Å². The third kappa shape index (κ3) is 2.99. The van der Waals surface area contributed by atoms with Crippen LogP contribution in [0.1, 0.15) is 11.3 Å². The minimum atomic E-state index is 0.547. The van der Waals surface area contributed by atoms with Crippen LogP contribution in [0.2, 0.25) is 0 Å². The summed E-state index contributed by atoms with van der Waals surface area (Å²) in [6, 6.07) is 13.3. The minimum absolute atomic E-state index is 0.547. The van der Waals surface area contributed by atoms with E-state index in [1.54, 1.807) is 26.5 Å². The number of ether oxygens (including phenoxy) is 2. The molecule has 0 amide bonds. The third-order valence-corrected chi connectivity index (χ3v) is 3.18. The average Bonchev–Trinajstić information content (AvgIpc) is 2.59. The molecule has 3 aromatic rings. The standard InChI is InChI=1S/C18H14N2O2/c1-21-16-7-8-17-14(12-16)4-6-15(20-17)5-3-13-9-10-19-18(11-13)22-2/h4,6-12H,1-2H3. The molecule has 0 N–H and O–H groups in total. The Bertz CT molecular complexity index is 879. The number of rotatable bonds is 2. The van der Waals surface area contributed by atoms with E-state index in [2.05, 4.69) is 21.8 Å². The minimum Gasteiger partial charge on any atom is -0.497 e. The largest absolute Gasteiger partial charge is 0.497 e. The molecule has 0 radical (unpaired) electrons. The molecular formula is C18H14N2O2. The van der Waals surface area contributed by atoms with E-state index >= 15 is 0 Å². The van der Waals surface area contributed by atoms with Crippen LogP contribution in [0, 0.1) is 11.8 Å². The van der Waals surface area contributed by atoms with E-state index in [0.717, 1.165) is 22.2 Å². The molecule has 0 fully saturated rings. The second kappa shape index (κ2) is 6.15. The zero-order valence-electron chi connectivity index (χ0n) is 12.3. The van der Waals surface area contributed by atoms with Crippen molar-refractivity contribution in [2.24, 2.45) is 0 Å². The molecule has 108 valence electrons. The number of pyridine rings is 2. The van der Waals surface area contributed by atoms with Crippen LogP contribution in [0.5, 0.6) is 11.6 Å². The molecule has 3 rings (SSSR count). The average molecular weight is 290 g/mol. The number of hydrogen-bond acceptors (Lipinski definition) is 4. The van der Waals surface area contributed by atoms with Crippen molar-refractivity contribution in [3.05, 3.63) is 59.9 Å². The summed E-state index contributed by atoms with van der Waals surface area (Å²) < 4.78 is 10.3. The predicted octanol–water partition coefficient (Wildman–Crippen LogP) is 3.05. The van der Waals surface area contributed by atoms with Crippen molar-refractivity contribution in [1.82, 2.24) is 9.97 Å². The summed E-state index contributed by atoms with van der Waals surface area (Å²) in [5.74, 6) is 7.49. The summed E-state index contributed by atoms with van der Waals surface area (Å²) in [6.07, 6.45) is 1.67. The van der Waals surface area contributed by atoms with Gasteiger partial charge in [0, 0.05) is 23.2 Å². The van der Waals surface area contributed by atoms with Crippen molar-refractivity contribution in [1.29, 1.82) is 0 Å². The highest BCUT2D eigenvalue weighted by atomic mass is 16.5. The quantitative estimate of drug-likeness (QED) is 0.680. The van der Waals surface area contributed by atoms with Gasteiger partial charge in [-0.25, -0.2) is 9.97 Å². The fourth-order valence-corrected chi connectivity index (χ4v) is 2.04. The number of fused-ring (bicyclic) bond motifs is 1. The second-order valence-electron chi connectivity index (χ2n) is 4.59. The first-order valence-electron chi connectivity index (χ1n) is 6.75. The van der Waals surface area contributed by atoms with Gasteiger partial charge in [-0.15, -0.1) is 0 Å². The number of benzene rings is 1. The van der Waals surface area contributed by atoms with E-state index in [0.29, 0.717) is 11.6 Å².